The fourth-order valence-electron chi connectivity index (χ4n) is 2.17. The molecule has 0 aliphatic rings. The molecule has 1 aromatic heterocycles. The number of nitrogens with zero attached hydrogens (tertiary/aromatic N) is 1. The van der Waals surface area contributed by atoms with Gasteiger partial charge in [-0.25, -0.2) is 0 Å². The predicted molar refractivity (Wildman–Crippen MR) is 82.1 cm³/mol. The van der Waals surface area contributed by atoms with Crippen molar-refractivity contribution in [1.29, 1.82) is 0 Å². The minimum Gasteiger partial charge on any atom is -0.350 e. The Hall–Kier alpha value is -1.42. The Morgan fingerprint density at radius 3 is 2.80 bits per heavy atom. The first kappa shape index (κ1) is 16.6. The van der Waals surface area contributed by atoms with Crippen molar-refractivity contribution in [2.45, 2.75) is 59.0 Å². The molecule has 0 radical (unpaired) electrons. The van der Waals surface area contributed by atoms with Gasteiger partial charge in [0, 0.05) is 18.2 Å². The lowest BCUT2D eigenvalue weighted by molar-refractivity contribution is -0.124. The molecule has 20 heavy (non-hydrogen) atoms. The van der Waals surface area contributed by atoms with Crippen LogP contribution in [0.1, 0.15) is 51.3 Å². The Bertz CT molecular complexity index is 418. The van der Waals surface area contributed by atoms with Gasteiger partial charge in [0.25, 0.3) is 0 Å². The monoisotopic (exact) mass is 277 g/mol. The van der Waals surface area contributed by atoms with Crippen LogP contribution in [0.15, 0.2) is 18.3 Å². The van der Waals surface area contributed by atoms with Crippen LogP contribution in [0.3, 0.4) is 0 Å². The first-order valence-electron chi connectivity index (χ1n) is 7.50. The van der Waals surface area contributed by atoms with Crippen molar-refractivity contribution in [2.24, 2.45) is 11.7 Å². The lowest BCUT2D eigenvalue weighted by atomic mass is 10.0. The molecule has 4 nitrogen and oxygen atoms in total. The van der Waals surface area contributed by atoms with Crippen molar-refractivity contribution >= 4 is 5.91 Å². The van der Waals surface area contributed by atoms with Crippen LogP contribution in [0.25, 0.3) is 0 Å². The number of aryl methyl sites for hydroxylation is 1. The summed E-state index contributed by atoms with van der Waals surface area (Å²) in [5.41, 5.74) is 7.87. The first-order valence-corrected chi connectivity index (χ1v) is 7.50. The van der Waals surface area contributed by atoms with Gasteiger partial charge in [0.2, 0.25) is 5.91 Å². The molecule has 0 aromatic carbocycles. The largest absolute Gasteiger partial charge is 0.350 e. The van der Waals surface area contributed by atoms with E-state index in [9.17, 15) is 4.79 Å². The maximum Gasteiger partial charge on any atom is 0.223 e. The van der Waals surface area contributed by atoms with Gasteiger partial charge in [0.1, 0.15) is 0 Å². The van der Waals surface area contributed by atoms with Gasteiger partial charge in [0.15, 0.2) is 0 Å². The Morgan fingerprint density at radius 2 is 2.15 bits per heavy atom. The molecule has 1 heterocycles. The van der Waals surface area contributed by atoms with Gasteiger partial charge >= 0.3 is 0 Å². The zero-order valence-corrected chi connectivity index (χ0v) is 12.9. The van der Waals surface area contributed by atoms with Gasteiger partial charge in [-0.1, -0.05) is 26.3 Å². The predicted octanol–water partition coefficient (Wildman–Crippen LogP) is 2.41. The standard InChI is InChI=1S/C16H27N3O/c1-4-14-9-6-10-18-15(14)11-19-16(20)12(2)7-5-8-13(3)17/h6,9-10,12-13H,4-5,7-8,11,17H2,1-3H3,(H,19,20). The SMILES string of the molecule is CCc1cccnc1CNC(=O)C(C)CCCC(C)N. The molecule has 3 N–H and O–H groups in total. The van der Waals surface area contributed by atoms with Crippen LogP contribution in [0.5, 0.6) is 0 Å². The highest BCUT2D eigenvalue weighted by molar-refractivity contribution is 5.78. The molecule has 2 atom stereocenters. The van der Waals surface area contributed by atoms with Gasteiger partial charge in [0.05, 0.1) is 12.2 Å². The number of carbonyl (C=O) groups excluding carboxylic acids is 1. The fourth-order valence-corrected chi connectivity index (χ4v) is 2.17. The van der Waals surface area contributed by atoms with E-state index in [2.05, 4.69) is 23.3 Å². The summed E-state index contributed by atoms with van der Waals surface area (Å²) in [5, 5.41) is 2.98. The summed E-state index contributed by atoms with van der Waals surface area (Å²) < 4.78 is 0. The van der Waals surface area contributed by atoms with Crippen molar-refractivity contribution in [3.63, 3.8) is 0 Å². The number of aromatic nitrogens is 1. The van der Waals surface area contributed by atoms with Crippen molar-refractivity contribution < 1.29 is 4.79 Å². The quantitative estimate of drug-likeness (QED) is 0.766. The molecular weight excluding hydrogens is 250 g/mol. The molecule has 1 amide bonds. The maximum absolute atomic E-state index is 12.0. The van der Waals surface area contributed by atoms with Crippen molar-refractivity contribution in [1.82, 2.24) is 10.3 Å². The molecule has 4 heteroatoms. The van der Waals surface area contributed by atoms with Gasteiger partial charge in [-0.3, -0.25) is 9.78 Å². The molecule has 0 spiro atoms. The topological polar surface area (TPSA) is 68.0 Å². The molecule has 0 aliphatic carbocycles. The highest BCUT2D eigenvalue weighted by Crippen LogP contribution is 2.10. The average molecular weight is 277 g/mol. The second-order valence-corrected chi connectivity index (χ2v) is 5.49. The first-order chi connectivity index (χ1) is 9.54. The summed E-state index contributed by atoms with van der Waals surface area (Å²) in [4.78, 5) is 16.4. The van der Waals surface area contributed by atoms with Crippen LogP contribution < -0.4 is 11.1 Å². The number of hydrogen-bond acceptors (Lipinski definition) is 3. The molecule has 1 aromatic rings. The van der Waals surface area contributed by atoms with Gasteiger partial charge in [-0.2, -0.15) is 0 Å². The molecule has 112 valence electrons. The number of nitrogens with two attached hydrogens (primary N) is 1. The summed E-state index contributed by atoms with van der Waals surface area (Å²) in [6, 6.07) is 4.20. The van der Waals surface area contributed by atoms with Crippen LogP contribution in [0.2, 0.25) is 0 Å². The smallest absolute Gasteiger partial charge is 0.223 e. The molecule has 0 saturated carbocycles. The van der Waals surface area contributed by atoms with E-state index in [1.165, 1.54) is 5.56 Å². The molecule has 2 unspecified atom stereocenters. The Kier molecular flexibility index (Phi) is 7.23. The normalized spacial score (nSPS) is 13.8. The maximum atomic E-state index is 12.0. The van der Waals surface area contributed by atoms with Crippen LogP contribution in [-0.4, -0.2) is 16.9 Å². The molecule has 0 aliphatic heterocycles. The number of amides is 1. The molecular formula is C16H27N3O. The Balaban J connectivity index is 2.38. The highest BCUT2D eigenvalue weighted by Gasteiger charge is 2.13. The summed E-state index contributed by atoms with van der Waals surface area (Å²) in [7, 11) is 0. The van der Waals surface area contributed by atoms with Crippen LogP contribution in [0.4, 0.5) is 0 Å². The van der Waals surface area contributed by atoms with Crippen LogP contribution in [0, 0.1) is 5.92 Å². The van der Waals surface area contributed by atoms with E-state index in [1.807, 2.05) is 19.9 Å². The van der Waals surface area contributed by atoms with E-state index in [1.54, 1.807) is 6.20 Å². The van der Waals surface area contributed by atoms with Crippen molar-refractivity contribution in [3.8, 4) is 0 Å². The zero-order valence-electron chi connectivity index (χ0n) is 12.9. The second-order valence-electron chi connectivity index (χ2n) is 5.49. The Labute approximate surface area is 122 Å². The summed E-state index contributed by atoms with van der Waals surface area (Å²) in [6.07, 6.45) is 5.56. The minimum absolute atomic E-state index is 0.0301. The summed E-state index contributed by atoms with van der Waals surface area (Å²) in [5.74, 6) is 0.130. The van der Waals surface area contributed by atoms with E-state index < -0.39 is 0 Å². The third kappa shape index (κ3) is 5.70. The zero-order chi connectivity index (χ0) is 15.0. The average Bonchev–Trinajstić information content (AvgIpc) is 2.44. The van der Waals surface area contributed by atoms with Crippen LogP contribution in [-0.2, 0) is 17.8 Å². The lowest BCUT2D eigenvalue weighted by Crippen LogP contribution is -2.29. The van der Waals surface area contributed by atoms with E-state index in [0.29, 0.717) is 6.54 Å². The number of pyridine rings is 1. The fraction of sp³-hybridized carbons (Fsp3) is 0.625. The van der Waals surface area contributed by atoms with Gasteiger partial charge in [-0.05, 0) is 37.8 Å². The molecule has 0 bridgehead atoms. The van der Waals surface area contributed by atoms with Crippen molar-refractivity contribution in [2.75, 3.05) is 0 Å². The number of rotatable bonds is 8. The number of carbonyl (C=O) groups is 1. The summed E-state index contributed by atoms with van der Waals surface area (Å²) >= 11 is 0. The van der Waals surface area contributed by atoms with E-state index in [0.717, 1.165) is 31.4 Å². The third-order valence-electron chi connectivity index (χ3n) is 3.54. The molecule has 1 rings (SSSR count). The molecule has 0 fully saturated rings. The number of hydrogen-bond donors (Lipinski definition) is 2. The van der Waals surface area contributed by atoms with E-state index in [-0.39, 0.29) is 17.9 Å². The van der Waals surface area contributed by atoms with E-state index >= 15 is 0 Å². The number of nitrogens with one attached hydrogen (secondary N) is 1. The van der Waals surface area contributed by atoms with E-state index in [4.69, 9.17) is 5.73 Å². The van der Waals surface area contributed by atoms with Gasteiger partial charge < -0.3 is 11.1 Å². The Morgan fingerprint density at radius 1 is 1.40 bits per heavy atom. The second kappa shape index (κ2) is 8.69. The summed E-state index contributed by atoms with van der Waals surface area (Å²) in [6.45, 7) is 6.58. The van der Waals surface area contributed by atoms with Crippen molar-refractivity contribution in [3.05, 3.63) is 29.6 Å². The van der Waals surface area contributed by atoms with Gasteiger partial charge in [-0.15, -0.1) is 0 Å². The lowest BCUT2D eigenvalue weighted by Gasteiger charge is -2.13. The minimum atomic E-state index is 0.0301. The molecule has 0 saturated heterocycles. The highest BCUT2D eigenvalue weighted by atomic mass is 16.1. The third-order valence-corrected chi connectivity index (χ3v) is 3.54. The van der Waals surface area contributed by atoms with Crippen LogP contribution >= 0.6 is 0 Å².